The lowest BCUT2D eigenvalue weighted by atomic mass is 10.0. The first-order valence-electron chi connectivity index (χ1n) is 4.86. The monoisotopic (exact) mass is 218 g/mol. The maximum atomic E-state index is 13.1. The van der Waals surface area contributed by atoms with Crippen molar-refractivity contribution in [2.75, 3.05) is 0 Å². The molecule has 2 N–H and O–H groups in total. The van der Waals surface area contributed by atoms with Crippen LogP contribution in [-0.2, 0) is 0 Å². The van der Waals surface area contributed by atoms with Crippen molar-refractivity contribution in [2.45, 2.75) is 6.92 Å². The molecule has 0 aliphatic carbocycles. The van der Waals surface area contributed by atoms with Gasteiger partial charge >= 0.3 is 0 Å². The SMILES string of the molecule is Cc1ccc(-c2cc(O)cc(F)c2)cc1O. The standard InChI is InChI=1S/C13H11FO2/c1-8-2-3-9(6-13(8)16)10-4-11(14)7-12(15)5-10/h2-7,15-16H,1H3. The molecule has 3 heteroatoms. The molecule has 0 spiro atoms. The van der Waals surface area contributed by atoms with Crippen LogP contribution in [0.1, 0.15) is 5.56 Å². The number of phenolic OH excluding ortho intramolecular Hbond substituents is 2. The van der Waals surface area contributed by atoms with Gasteiger partial charge in [0.15, 0.2) is 0 Å². The summed E-state index contributed by atoms with van der Waals surface area (Å²) in [5.41, 5.74) is 1.95. The van der Waals surface area contributed by atoms with E-state index in [1.54, 1.807) is 25.1 Å². The van der Waals surface area contributed by atoms with Gasteiger partial charge in [-0.25, -0.2) is 4.39 Å². The van der Waals surface area contributed by atoms with Crippen LogP contribution in [0, 0.1) is 12.7 Å². The summed E-state index contributed by atoms with van der Waals surface area (Å²) in [7, 11) is 0. The minimum absolute atomic E-state index is 0.130. The minimum atomic E-state index is -0.505. The molecule has 0 fully saturated rings. The first-order valence-corrected chi connectivity index (χ1v) is 4.86. The van der Waals surface area contributed by atoms with Crippen LogP contribution in [-0.4, -0.2) is 10.2 Å². The van der Waals surface area contributed by atoms with Crippen molar-refractivity contribution in [3.8, 4) is 22.6 Å². The highest BCUT2D eigenvalue weighted by molar-refractivity contribution is 5.67. The number of hydrogen-bond acceptors (Lipinski definition) is 2. The molecule has 2 aromatic carbocycles. The van der Waals surface area contributed by atoms with Crippen LogP contribution in [0.25, 0.3) is 11.1 Å². The molecule has 0 saturated heterocycles. The molecule has 0 heterocycles. The van der Waals surface area contributed by atoms with Gasteiger partial charge < -0.3 is 10.2 Å². The van der Waals surface area contributed by atoms with E-state index >= 15 is 0 Å². The second kappa shape index (κ2) is 3.85. The number of benzene rings is 2. The van der Waals surface area contributed by atoms with Gasteiger partial charge in [-0.1, -0.05) is 12.1 Å². The molecule has 0 amide bonds. The molecule has 0 unspecified atom stereocenters. The summed E-state index contributed by atoms with van der Waals surface area (Å²) in [6, 6.07) is 8.86. The van der Waals surface area contributed by atoms with E-state index in [4.69, 9.17) is 0 Å². The molecule has 2 aromatic rings. The second-order valence-corrected chi connectivity index (χ2v) is 3.70. The van der Waals surface area contributed by atoms with Crippen molar-refractivity contribution < 1.29 is 14.6 Å². The van der Waals surface area contributed by atoms with E-state index in [0.717, 1.165) is 11.6 Å². The number of rotatable bonds is 1. The van der Waals surface area contributed by atoms with Gasteiger partial charge in [0.25, 0.3) is 0 Å². The molecule has 0 aliphatic rings. The van der Waals surface area contributed by atoms with Gasteiger partial charge in [0.05, 0.1) is 0 Å². The van der Waals surface area contributed by atoms with Crippen LogP contribution < -0.4 is 0 Å². The van der Waals surface area contributed by atoms with Gasteiger partial charge in [0, 0.05) is 6.07 Å². The van der Waals surface area contributed by atoms with Crippen molar-refractivity contribution in [1.82, 2.24) is 0 Å². The Kier molecular flexibility index (Phi) is 2.52. The maximum Gasteiger partial charge on any atom is 0.127 e. The predicted molar refractivity (Wildman–Crippen MR) is 59.9 cm³/mol. The summed E-state index contributed by atoms with van der Waals surface area (Å²) in [6.45, 7) is 1.78. The van der Waals surface area contributed by atoms with Gasteiger partial charge in [-0.3, -0.25) is 0 Å². The zero-order valence-electron chi connectivity index (χ0n) is 8.74. The summed E-state index contributed by atoms with van der Waals surface area (Å²) in [5.74, 6) is -0.480. The van der Waals surface area contributed by atoms with E-state index in [0.29, 0.717) is 11.1 Å². The first-order chi connectivity index (χ1) is 7.56. The highest BCUT2D eigenvalue weighted by Gasteiger charge is 2.04. The highest BCUT2D eigenvalue weighted by Crippen LogP contribution is 2.28. The molecule has 0 aliphatic heterocycles. The molecule has 16 heavy (non-hydrogen) atoms. The van der Waals surface area contributed by atoms with Crippen molar-refractivity contribution >= 4 is 0 Å². The number of hydrogen-bond donors (Lipinski definition) is 2. The summed E-state index contributed by atoms with van der Waals surface area (Å²) in [6.07, 6.45) is 0. The van der Waals surface area contributed by atoms with E-state index in [2.05, 4.69) is 0 Å². The van der Waals surface area contributed by atoms with E-state index in [1.165, 1.54) is 12.1 Å². The van der Waals surface area contributed by atoms with E-state index in [1.807, 2.05) is 0 Å². The molecule has 0 radical (unpaired) electrons. The number of aryl methyl sites for hydroxylation is 1. The van der Waals surface area contributed by atoms with Crippen molar-refractivity contribution in [1.29, 1.82) is 0 Å². The van der Waals surface area contributed by atoms with Crippen molar-refractivity contribution in [3.63, 3.8) is 0 Å². The molecular weight excluding hydrogens is 207 g/mol. The van der Waals surface area contributed by atoms with Crippen LogP contribution in [0.2, 0.25) is 0 Å². The largest absolute Gasteiger partial charge is 0.508 e. The number of halogens is 1. The molecule has 0 saturated carbocycles. The summed E-state index contributed by atoms with van der Waals surface area (Å²) < 4.78 is 13.1. The Balaban J connectivity index is 2.54. The fraction of sp³-hybridized carbons (Fsp3) is 0.0769. The number of phenols is 2. The van der Waals surface area contributed by atoms with Gasteiger partial charge in [-0.2, -0.15) is 0 Å². The van der Waals surface area contributed by atoms with Crippen molar-refractivity contribution in [3.05, 3.63) is 47.8 Å². The molecule has 2 rings (SSSR count). The lowest BCUT2D eigenvalue weighted by Gasteiger charge is -2.05. The third-order valence-electron chi connectivity index (χ3n) is 2.43. The Hall–Kier alpha value is -2.03. The lowest BCUT2D eigenvalue weighted by molar-refractivity contribution is 0.468. The Bertz CT molecular complexity index is 515. The van der Waals surface area contributed by atoms with Gasteiger partial charge in [0.1, 0.15) is 17.3 Å². The second-order valence-electron chi connectivity index (χ2n) is 3.70. The average Bonchev–Trinajstić information content (AvgIpc) is 2.20. The third kappa shape index (κ3) is 1.98. The normalized spacial score (nSPS) is 10.4. The fourth-order valence-corrected chi connectivity index (χ4v) is 1.53. The number of aromatic hydroxyl groups is 2. The van der Waals surface area contributed by atoms with Crippen LogP contribution in [0.15, 0.2) is 36.4 Å². The zero-order valence-corrected chi connectivity index (χ0v) is 8.74. The van der Waals surface area contributed by atoms with Crippen molar-refractivity contribution in [2.24, 2.45) is 0 Å². The summed E-state index contributed by atoms with van der Waals surface area (Å²) in [5, 5.41) is 18.8. The lowest BCUT2D eigenvalue weighted by Crippen LogP contribution is -1.82. The van der Waals surface area contributed by atoms with E-state index in [9.17, 15) is 14.6 Å². The van der Waals surface area contributed by atoms with E-state index < -0.39 is 5.82 Å². The Morgan fingerprint density at radius 1 is 0.938 bits per heavy atom. The summed E-state index contributed by atoms with van der Waals surface area (Å²) >= 11 is 0. The zero-order chi connectivity index (χ0) is 11.7. The maximum absolute atomic E-state index is 13.1. The van der Waals surface area contributed by atoms with Crippen LogP contribution in [0.5, 0.6) is 11.5 Å². The van der Waals surface area contributed by atoms with Gasteiger partial charge in [-0.05, 0) is 41.8 Å². The van der Waals surface area contributed by atoms with E-state index in [-0.39, 0.29) is 11.5 Å². The van der Waals surface area contributed by atoms with Crippen LogP contribution in [0.4, 0.5) is 4.39 Å². The topological polar surface area (TPSA) is 40.5 Å². The molecule has 82 valence electrons. The fourth-order valence-electron chi connectivity index (χ4n) is 1.53. The minimum Gasteiger partial charge on any atom is -0.508 e. The molecule has 0 aromatic heterocycles. The quantitative estimate of drug-likeness (QED) is 0.771. The molecule has 2 nitrogen and oxygen atoms in total. The highest BCUT2D eigenvalue weighted by atomic mass is 19.1. The smallest absolute Gasteiger partial charge is 0.127 e. The van der Waals surface area contributed by atoms with Crippen LogP contribution in [0.3, 0.4) is 0 Å². The van der Waals surface area contributed by atoms with Gasteiger partial charge in [-0.15, -0.1) is 0 Å². The molecule has 0 atom stereocenters. The molecule has 0 bridgehead atoms. The first kappa shape index (κ1) is 10.5. The Labute approximate surface area is 92.6 Å². The summed E-state index contributed by atoms with van der Waals surface area (Å²) in [4.78, 5) is 0. The predicted octanol–water partition coefficient (Wildman–Crippen LogP) is 3.21. The molecular formula is C13H11FO2. The van der Waals surface area contributed by atoms with Gasteiger partial charge in [0.2, 0.25) is 0 Å². The third-order valence-corrected chi connectivity index (χ3v) is 2.43. The Morgan fingerprint density at radius 3 is 2.31 bits per heavy atom. The van der Waals surface area contributed by atoms with Crippen LogP contribution >= 0.6 is 0 Å². The Morgan fingerprint density at radius 2 is 1.69 bits per heavy atom. The average molecular weight is 218 g/mol.